The average Bonchev–Trinajstić information content (AvgIpc) is 2.70. The second kappa shape index (κ2) is 9.39. The molecular formula is C21H28N4O3. The van der Waals surface area contributed by atoms with Crippen LogP contribution < -0.4 is 19.7 Å². The predicted octanol–water partition coefficient (Wildman–Crippen LogP) is 2.73. The fourth-order valence-corrected chi connectivity index (χ4v) is 3.25. The lowest BCUT2D eigenvalue weighted by Crippen LogP contribution is -2.35. The van der Waals surface area contributed by atoms with Crippen molar-refractivity contribution in [2.45, 2.75) is 33.2 Å². The second-order valence-corrected chi connectivity index (χ2v) is 7.25. The van der Waals surface area contributed by atoms with E-state index >= 15 is 0 Å². The van der Waals surface area contributed by atoms with Crippen LogP contribution in [-0.4, -0.2) is 42.7 Å². The Morgan fingerprint density at radius 1 is 1.29 bits per heavy atom. The van der Waals surface area contributed by atoms with E-state index in [-0.39, 0.29) is 12.5 Å². The van der Waals surface area contributed by atoms with Gasteiger partial charge in [0, 0.05) is 31.4 Å². The van der Waals surface area contributed by atoms with Crippen LogP contribution in [0.2, 0.25) is 0 Å². The standard InChI is InChI=1S/C21H28N4O3/c1-15-5-4-10-25(13-15)21-23-16(2)11-20(24-21)28-14-19(26)22-12-17-6-8-18(27-3)9-7-17/h6-9,11,15H,4-5,10,12-14H2,1-3H3,(H,22,26)/t15-/m0/s1. The number of carbonyl (C=O) groups excluding carboxylic acids is 1. The number of nitrogens with zero attached hydrogens (tertiary/aromatic N) is 3. The first-order valence-corrected chi connectivity index (χ1v) is 9.66. The number of carbonyl (C=O) groups is 1. The quantitative estimate of drug-likeness (QED) is 0.791. The van der Waals surface area contributed by atoms with Crippen molar-refractivity contribution in [2.75, 3.05) is 31.7 Å². The minimum atomic E-state index is -0.194. The number of aromatic nitrogens is 2. The highest BCUT2D eigenvalue weighted by molar-refractivity contribution is 5.77. The number of hydrogen-bond donors (Lipinski definition) is 1. The van der Waals surface area contributed by atoms with E-state index < -0.39 is 0 Å². The van der Waals surface area contributed by atoms with Gasteiger partial charge in [-0.25, -0.2) is 4.98 Å². The van der Waals surface area contributed by atoms with E-state index in [1.54, 1.807) is 13.2 Å². The van der Waals surface area contributed by atoms with Crippen molar-refractivity contribution in [3.8, 4) is 11.6 Å². The number of aryl methyl sites for hydroxylation is 1. The van der Waals surface area contributed by atoms with Crippen molar-refractivity contribution in [1.29, 1.82) is 0 Å². The van der Waals surface area contributed by atoms with Crippen molar-refractivity contribution in [2.24, 2.45) is 5.92 Å². The molecular weight excluding hydrogens is 356 g/mol. The van der Waals surface area contributed by atoms with Gasteiger partial charge in [-0.15, -0.1) is 0 Å². The molecule has 1 aromatic carbocycles. The highest BCUT2D eigenvalue weighted by Gasteiger charge is 2.19. The lowest BCUT2D eigenvalue weighted by atomic mass is 10.0. The van der Waals surface area contributed by atoms with Crippen LogP contribution in [0.15, 0.2) is 30.3 Å². The fourth-order valence-electron chi connectivity index (χ4n) is 3.25. The number of rotatable bonds is 7. The molecule has 1 fully saturated rings. The summed E-state index contributed by atoms with van der Waals surface area (Å²) in [7, 11) is 1.63. The molecule has 1 amide bonds. The summed E-state index contributed by atoms with van der Waals surface area (Å²) in [5.74, 6) is 2.34. The summed E-state index contributed by atoms with van der Waals surface area (Å²) >= 11 is 0. The molecule has 1 aliphatic heterocycles. The van der Waals surface area contributed by atoms with E-state index in [9.17, 15) is 4.79 Å². The maximum atomic E-state index is 12.1. The average molecular weight is 384 g/mol. The van der Waals surface area contributed by atoms with E-state index in [1.807, 2.05) is 31.2 Å². The van der Waals surface area contributed by atoms with Crippen LogP contribution in [0, 0.1) is 12.8 Å². The molecule has 3 rings (SSSR count). The van der Waals surface area contributed by atoms with Gasteiger partial charge in [-0.2, -0.15) is 4.98 Å². The van der Waals surface area contributed by atoms with E-state index in [0.29, 0.717) is 24.3 Å². The maximum absolute atomic E-state index is 12.1. The van der Waals surface area contributed by atoms with Crippen LogP contribution in [0.25, 0.3) is 0 Å². The molecule has 2 heterocycles. The lowest BCUT2D eigenvalue weighted by molar-refractivity contribution is -0.123. The molecule has 1 atom stereocenters. The van der Waals surface area contributed by atoms with Crippen molar-refractivity contribution < 1.29 is 14.3 Å². The summed E-state index contributed by atoms with van der Waals surface area (Å²) in [5, 5.41) is 2.85. The third-order valence-electron chi connectivity index (χ3n) is 4.76. The van der Waals surface area contributed by atoms with Crippen LogP contribution in [0.1, 0.15) is 31.0 Å². The zero-order valence-electron chi connectivity index (χ0n) is 16.8. The highest BCUT2D eigenvalue weighted by atomic mass is 16.5. The molecule has 0 saturated carbocycles. The molecule has 0 spiro atoms. The summed E-state index contributed by atoms with van der Waals surface area (Å²) in [5.41, 5.74) is 1.82. The molecule has 28 heavy (non-hydrogen) atoms. The third-order valence-corrected chi connectivity index (χ3v) is 4.76. The van der Waals surface area contributed by atoms with Gasteiger partial charge in [0.05, 0.1) is 7.11 Å². The molecule has 1 aromatic heterocycles. The van der Waals surface area contributed by atoms with Gasteiger partial charge in [0.1, 0.15) is 5.75 Å². The third kappa shape index (κ3) is 5.58. The molecule has 1 N–H and O–H groups in total. The molecule has 2 aromatic rings. The van der Waals surface area contributed by atoms with Crippen LogP contribution in [0.5, 0.6) is 11.6 Å². The topological polar surface area (TPSA) is 76.6 Å². The zero-order valence-corrected chi connectivity index (χ0v) is 16.8. The van der Waals surface area contributed by atoms with Gasteiger partial charge in [-0.05, 0) is 43.4 Å². The SMILES string of the molecule is COc1ccc(CNC(=O)COc2cc(C)nc(N3CCC[C@H](C)C3)n2)cc1. The Morgan fingerprint density at radius 3 is 2.79 bits per heavy atom. The molecule has 0 unspecified atom stereocenters. The van der Waals surface area contributed by atoms with Gasteiger partial charge >= 0.3 is 0 Å². The summed E-state index contributed by atoms with van der Waals surface area (Å²) < 4.78 is 10.8. The predicted molar refractivity (Wildman–Crippen MR) is 108 cm³/mol. The lowest BCUT2D eigenvalue weighted by Gasteiger charge is -2.31. The van der Waals surface area contributed by atoms with Gasteiger partial charge in [-0.1, -0.05) is 19.1 Å². The van der Waals surface area contributed by atoms with Crippen LogP contribution >= 0.6 is 0 Å². The summed E-state index contributed by atoms with van der Waals surface area (Å²) in [6, 6.07) is 9.32. The Balaban J connectivity index is 1.52. The number of amides is 1. The first-order valence-electron chi connectivity index (χ1n) is 9.66. The van der Waals surface area contributed by atoms with Gasteiger partial charge in [0.25, 0.3) is 5.91 Å². The maximum Gasteiger partial charge on any atom is 0.258 e. The fraction of sp³-hybridized carbons (Fsp3) is 0.476. The van der Waals surface area contributed by atoms with Gasteiger partial charge in [0.15, 0.2) is 6.61 Å². The summed E-state index contributed by atoms with van der Waals surface area (Å²) in [6.45, 7) is 6.41. The Morgan fingerprint density at radius 2 is 2.07 bits per heavy atom. The van der Waals surface area contributed by atoms with Crippen molar-refractivity contribution in [3.05, 3.63) is 41.6 Å². The van der Waals surface area contributed by atoms with Crippen LogP contribution in [-0.2, 0) is 11.3 Å². The van der Waals surface area contributed by atoms with E-state index in [4.69, 9.17) is 9.47 Å². The minimum Gasteiger partial charge on any atom is -0.497 e. The van der Waals surface area contributed by atoms with E-state index in [2.05, 4.69) is 27.1 Å². The Hall–Kier alpha value is -2.83. The highest BCUT2D eigenvalue weighted by Crippen LogP contribution is 2.22. The Kier molecular flexibility index (Phi) is 6.68. The molecule has 1 aliphatic rings. The smallest absolute Gasteiger partial charge is 0.258 e. The Bertz CT molecular complexity index is 795. The van der Waals surface area contributed by atoms with Gasteiger partial charge < -0.3 is 19.7 Å². The van der Waals surface area contributed by atoms with E-state index in [1.165, 1.54) is 6.42 Å². The van der Waals surface area contributed by atoms with Crippen molar-refractivity contribution >= 4 is 11.9 Å². The number of hydrogen-bond acceptors (Lipinski definition) is 6. The number of benzene rings is 1. The van der Waals surface area contributed by atoms with Crippen LogP contribution in [0.3, 0.4) is 0 Å². The molecule has 7 heteroatoms. The number of anilines is 1. The zero-order chi connectivity index (χ0) is 19.9. The molecule has 7 nitrogen and oxygen atoms in total. The van der Waals surface area contributed by atoms with Crippen molar-refractivity contribution in [3.63, 3.8) is 0 Å². The molecule has 0 aliphatic carbocycles. The summed E-state index contributed by atoms with van der Waals surface area (Å²) in [6.07, 6.45) is 2.38. The molecule has 0 radical (unpaired) electrons. The van der Waals surface area contributed by atoms with Crippen LogP contribution in [0.4, 0.5) is 5.95 Å². The first kappa shape index (κ1) is 19.9. The van der Waals surface area contributed by atoms with Gasteiger partial charge in [0.2, 0.25) is 11.8 Å². The molecule has 0 bridgehead atoms. The number of nitrogens with one attached hydrogen (secondary N) is 1. The first-order chi connectivity index (χ1) is 13.5. The number of methoxy groups -OCH3 is 1. The normalized spacial score (nSPS) is 16.5. The van der Waals surface area contributed by atoms with E-state index in [0.717, 1.165) is 36.5 Å². The largest absolute Gasteiger partial charge is 0.497 e. The Labute approximate surface area is 166 Å². The molecule has 1 saturated heterocycles. The molecule has 150 valence electrons. The second-order valence-electron chi connectivity index (χ2n) is 7.25. The monoisotopic (exact) mass is 384 g/mol. The van der Waals surface area contributed by atoms with Crippen molar-refractivity contribution in [1.82, 2.24) is 15.3 Å². The summed E-state index contributed by atoms with van der Waals surface area (Å²) in [4.78, 5) is 23.3. The number of piperidine rings is 1. The number of ether oxygens (including phenoxy) is 2. The minimum absolute atomic E-state index is 0.0809. The van der Waals surface area contributed by atoms with Gasteiger partial charge in [-0.3, -0.25) is 4.79 Å².